The largest absolute Gasteiger partial charge is 0.466 e. The third kappa shape index (κ3) is 2.35. The van der Waals surface area contributed by atoms with Crippen molar-refractivity contribution in [2.75, 3.05) is 0 Å². The molecule has 2 N–H and O–H groups in total. The van der Waals surface area contributed by atoms with Gasteiger partial charge in [0.1, 0.15) is 11.5 Å². The van der Waals surface area contributed by atoms with Crippen molar-refractivity contribution in [1.29, 1.82) is 0 Å². The average molecular weight is 264 g/mol. The summed E-state index contributed by atoms with van der Waals surface area (Å²) in [6.45, 7) is 10.2. The number of aryl methyl sites for hydroxylation is 4. The Labute approximate surface area is 112 Å². The third-order valence-electron chi connectivity index (χ3n) is 3.46. The fourth-order valence-corrected chi connectivity index (χ4v) is 3.26. The van der Waals surface area contributed by atoms with Gasteiger partial charge in [0.2, 0.25) is 0 Å². The van der Waals surface area contributed by atoms with Crippen molar-refractivity contribution in [3.05, 3.63) is 38.2 Å². The van der Waals surface area contributed by atoms with Gasteiger partial charge in [-0.3, -0.25) is 0 Å². The first-order valence-corrected chi connectivity index (χ1v) is 6.96. The zero-order valence-corrected chi connectivity index (χ0v) is 12.4. The van der Waals surface area contributed by atoms with Crippen LogP contribution in [0.1, 0.15) is 44.3 Å². The van der Waals surface area contributed by atoms with Gasteiger partial charge >= 0.3 is 0 Å². The summed E-state index contributed by atoms with van der Waals surface area (Å²) in [5, 5.41) is 1.11. The highest BCUT2D eigenvalue weighted by molar-refractivity contribution is 7.11. The predicted octanol–water partition coefficient (Wildman–Crippen LogP) is 3.52. The maximum atomic E-state index is 6.31. The van der Waals surface area contributed by atoms with Crippen LogP contribution in [-0.4, -0.2) is 4.98 Å². The maximum Gasteiger partial charge on any atom is 0.106 e. The molecule has 1 atom stereocenters. The number of hydrogen-bond acceptors (Lipinski definition) is 4. The van der Waals surface area contributed by atoms with E-state index in [1.807, 2.05) is 20.8 Å². The highest BCUT2D eigenvalue weighted by atomic mass is 32.1. The zero-order valence-electron chi connectivity index (χ0n) is 11.6. The fraction of sp³-hybridized carbons (Fsp3) is 0.500. The molecule has 1 unspecified atom stereocenters. The minimum atomic E-state index is -0.0348. The molecule has 0 saturated carbocycles. The summed E-state index contributed by atoms with van der Waals surface area (Å²) in [5.41, 5.74) is 9.73. The minimum absolute atomic E-state index is 0.0348. The standard InChI is InChI=1S/C14H20N2OS/c1-7-9(3)17-10(4)14(7)12(15)6-13-16-8(2)11(5)18-13/h12H,6,15H2,1-5H3. The Morgan fingerprint density at radius 1 is 1.17 bits per heavy atom. The van der Waals surface area contributed by atoms with Gasteiger partial charge in [-0.15, -0.1) is 11.3 Å². The molecule has 0 aliphatic carbocycles. The van der Waals surface area contributed by atoms with Crippen LogP contribution in [0.4, 0.5) is 0 Å². The van der Waals surface area contributed by atoms with Crippen molar-refractivity contribution in [2.24, 2.45) is 5.73 Å². The number of rotatable bonds is 3. The van der Waals surface area contributed by atoms with Gasteiger partial charge in [0.25, 0.3) is 0 Å². The molecule has 2 heterocycles. The van der Waals surface area contributed by atoms with Crippen molar-refractivity contribution in [2.45, 2.75) is 47.1 Å². The molecule has 0 amide bonds. The van der Waals surface area contributed by atoms with Gasteiger partial charge in [0.05, 0.1) is 10.7 Å². The first-order valence-electron chi connectivity index (χ1n) is 6.15. The summed E-state index contributed by atoms with van der Waals surface area (Å²) < 4.78 is 5.64. The van der Waals surface area contributed by atoms with E-state index in [0.717, 1.165) is 34.2 Å². The molecule has 98 valence electrons. The Balaban J connectivity index is 2.24. The Morgan fingerprint density at radius 2 is 1.83 bits per heavy atom. The summed E-state index contributed by atoms with van der Waals surface area (Å²) >= 11 is 1.73. The molecule has 2 aromatic heterocycles. The van der Waals surface area contributed by atoms with Crippen molar-refractivity contribution in [3.63, 3.8) is 0 Å². The Morgan fingerprint density at radius 3 is 2.28 bits per heavy atom. The van der Waals surface area contributed by atoms with Crippen LogP contribution in [0.5, 0.6) is 0 Å². The molecule has 3 nitrogen and oxygen atoms in total. The van der Waals surface area contributed by atoms with E-state index >= 15 is 0 Å². The SMILES string of the molecule is Cc1nc(CC(N)c2c(C)oc(C)c2C)sc1C. The lowest BCUT2D eigenvalue weighted by Crippen LogP contribution is -2.14. The molecule has 0 bridgehead atoms. The Kier molecular flexibility index (Phi) is 3.59. The number of thiazole rings is 1. The highest BCUT2D eigenvalue weighted by Crippen LogP contribution is 2.29. The summed E-state index contributed by atoms with van der Waals surface area (Å²) in [6.07, 6.45) is 0.778. The Hall–Kier alpha value is -1.13. The van der Waals surface area contributed by atoms with E-state index in [1.165, 1.54) is 10.4 Å². The van der Waals surface area contributed by atoms with Crippen LogP contribution >= 0.6 is 11.3 Å². The van der Waals surface area contributed by atoms with Gasteiger partial charge in [-0.25, -0.2) is 4.98 Å². The number of aromatic nitrogens is 1. The normalized spacial score (nSPS) is 13.0. The number of furan rings is 1. The van der Waals surface area contributed by atoms with Gasteiger partial charge in [-0.1, -0.05) is 0 Å². The van der Waals surface area contributed by atoms with Crippen LogP contribution in [0.2, 0.25) is 0 Å². The van der Waals surface area contributed by atoms with Crippen molar-refractivity contribution in [3.8, 4) is 0 Å². The molecular formula is C14H20N2OS. The zero-order chi connectivity index (χ0) is 13.4. The van der Waals surface area contributed by atoms with Gasteiger partial charge in [-0.05, 0) is 40.2 Å². The first-order chi connectivity index (χ1) is 8.40. The molecule has 0 fully saturated rings. The maximum absolute atomic E-state index is 6.31. The Bertz CT molecular complexity index is 549. The van der Waals surface area contributed by atoms with Crippen LogP contribution in [0.3, 0.4) is 0 Å². The van der Waals surface area contributed by atoms with Crippen LogP contribution in [-0.2, 0) is 6.42 Å². The monoisotopic (exact) mass is 264 g/mol. The third-order valence-corrected chi connectivity index (χ3v) is 4.55. The highest BCUT2D eigenvalue weighted by Gasteiger charge is 2.19. The van der Waals surface area contributed by atoms with Crippen LogP contribution < -0.4 is 5.73 Å². The lowest BCUT2D eigenvalue weighted by Gasteiger charge is -2.10. The summed E-state index contributed by atoms with van der Waals surface area (Å²) in [5.74, 6) is 1.90. The topological polar surface area (TPSA) is 52.0 Å². The molecule has 2 rings (SSSR count). The molecule has 4 heteroatoms. The fourth-order valence-electron chi connectivity index (χ4n) is 2.27. The molecule has 0 aromatic carbocycles. The van der Waals surface area contributed by atoms with E-state index in [0.29, 0.717) is 0 Å². The summed E-state index contributed by atoms with van der Waals surface area (Å²) in [6, 6.07) is -0.0348. The second-order valence-electron chi connectivity index (χ2n) is 4.81. The predicted molar refractivity (Wildman–Crippen MR) is 75.1 cm³/mol. The van der Waals surface area contributed by atoms with Crippen molar-refractivity contribution in [1.82, 2.24) is 4.98 Å². The number of nitrogens with zero attached hydrogens (tertiary/aromatic N) is 1. The van der Waals surface area contributed by atoms with E-state index in [-0.39, 0.29) is 6.04 Å². The average Bonchev–Trinajstić information content (AvgIpc) is 2.69. The number of hydrogen-bond donors (Lipinski definition) is 1. The van der Waals surface area contributed by atoms with E-state index in [4.69, 9.17) is 10.2 Å². The summed E-state index contributed by atoms with van der Waals surface area (Å²) in [7, 11) is 0. The lowest BCUT2D eigenvalue weighted by atomic mass is 10.0. The quantitative estimate of drug-likeness (QED) is 0.922. The van der Waals surface area contributed by atoms with Gasteiger partial charge in [0.15, 0.2) is 0 Å². The van der Waals surface area contributed by atoms with Crippen molar-refractivity contribution < 1.29 is 4.42 Å². The first kappa shape index (κ1) is 13.3. The smallest absolute Gasteiger partial charge is 0.106 e. The van der Waals surface area contributed by atoms with Crippen molar-refractivity contribution >= 4 is 11.3 Å². The second-order valence-corrected chi connectivity index (χ2v) is 6.10. The van der Waals surface area contributed by atoms with Crippen LogP contribution in [0.15, 0.2) is 4.42 Å². The second kappa shape index (κ2) is 4.86. The van der Waals surface area contributed by atoms with E-state index in [2.05, 4.69) is 18.8 Å². The van der Waals surface area contributed by atoms with Gasteiger partial charge in [-0.2, -0.15) is 0 Å². The van der Waals surface area contributed by atoms with Gasteiger partial charge in [0, 0.05) is 22.9 Å². The molecule has 18 heavy (non-hydrogen) atoms. The van der Waals surface area contributed by atoms with E-state index in [1.54, 1.807) is 11.3 Å². The molecule has 0 saturated heterocycles. The summed E-state index contributed by atoms with van der Waals surface area (Å²) in [4.78, 5) is 5.82. The molecule has 0 radical (unpaired) electrons. The molecule has 2 aromatic rings. The lowest BCUT2D eigenvalue weighted by molar-refractivity contribution is 0.496. The van der Waals surface area contributed by atoms with E-state index in [9.17, 15) is 0 Å². The molecular weight excluding hydrogens is 244 g/mol. The minimum Gasteiger partial charge on any atom is -0.466 e. The van der Waals surface area contributed by atoms with Gasteiger partial charge < -0.3 is 10.2 Å². The van der Waals surface area contributed by atoms with E-state index < -0.39 is 0 Å². The molecule has 0 aliphatic heterocycles. The molecule has 0 spiro atoms. The number of nitrogens with two attached hydrogens (primary N) is 1. The van der Waals surface area contributed by atoms with Crippen LogP contribution in [0.25, 0.3) is 0 Å². The van der Waals surface area contributed by atoms with Crippen LogP contribution in [0, 0.1) is 34.6 Å². The molecule has 0 aliphatic rings.